The van der Waals surface area contributed by atoms with E-state index in [4.69, 9.17) is 10.5 Å². The van der Waals surface area contributed by atoms with E-state index in [9.17, 15) is 0 Å². The normalized spacial score (nSPS) is 29.4. The van der Waals surface area contributed by atoms with Gasteiger partial charge in [-0.1, -0.05) is 32.6 Å². The minimum absolute atomic E-state index is 0.492. The first-order valence-electron chi connectivity index (χ1n) is 9.39. The molecule has 0 aromatic heterocycles. The summed E-state index contributed by atoms with van der Waals surface area (Å²) in [7, 11) is 0. The van der Waals surface area contributed by atoms with E-state index in [1.54, 1.807) is 0 Å². The third-order valence-corrected chi connectivity index (χ3v) is 5.45. The molecular weight excluding hydrogens is 260 g/mol. The lowest BCUT2D eigenvalue weighted by Gasteiger charge is -2.37. The lowest BCUT2D eigenvalue weighted by atomic mass is 9.95. The van der Waals surface area contributed by atoms with Gasteiger partial charge >= 0.3 is 0 Å². The molecule has 1 aliphatic carbocycles. The van der Waals surface area contributed by atoms with Crippen molar-refractivity contribution in [2.75, 3.05) is 26.2 Å². The average Bonchev–Trinajstić information content (AvgIpc) is 2.74. The summed E-state index contributed by atoms with van der Waals surface area (Å²) in [6, 6.07) is 0.858. The third kappa shape index (κ3) is 5.88. The molecule has 2 atom stereocenters. The van der Waals surface area contributed by atoms with E-state index in [1.807, 2.05) is 0 Å². The molecule has 0 aromatic carbocycles. The van der Waals surface area contributed by atoms with Crippen LogP contribution >= 0.6 is 0 Å². The van der Waals surface area contributed by atoms with Crippen molar-refractivity contribution < 1.29 is 4.74 Å². The highest BCUT2D eigenvalue weighted by atomic mass is 16.5. The van der Waals surface area contributed by atoms with Gasteiger partial charge in [0.2, 0.25) is 0 Å². The molecule has 1 heterocycles. The van der Waals surface area contributed by atoms with Gasteiger partial charge in [0.05, 0.1) is 6.10 Å². The van der Waals surface area contributed by atoms with Crippen LogP contribution in [0.15, 0.2) is 0 Å². The first-order chi connectivity index (χ1) is 10.3. The molecule has 0 aromatic rings. The van der Waals surface area contributed by atoms with Gasteiger partial charge in [0.25, 0.3) is 0 Å². The SMILES string of the molecule is CCCC1CCCC(N2CCC(OCCCN)CC2)CC1. The summed E-state index contributed by atoms with van der Waals surface area (Å²) in [5.41, 5.74) is 5.52. The molecule has 124 valence electrons. The molecule has 1 saturated carbocycles. The Morgan fingerprint density at radius 2 is 1.86 bits per heavy atom. The lowest BCUT2D eigenvalue weighted by molar-refractivity contribution is -0.00384. The molecule has 2 N–H and O–H groups in total. The van der Waals surface area contributed by atoms with Crippen LogP contribution in [-0.4, -0.2) is 43.3 Å². The molecule has 0 spiro atoms. The first-order valence-corrected chi connectivity index (χ1v) is 9.39. The second-order valence-electron chi connectivity index (χ2n) is 7.07. The molecule has 1 aliphatic heterocycles. The predicted molar refractivity (Wildman–Crippen MR) is 89.5 cm³/mol. The van der Waals surface area contributed by atoms with Gasteiger partial charge in [0, 0.05) is 25.7 Å². The maximum Gasteiger partial charge on any atom is 0.0599 e. The fourth-order valence-electron chi connectivity index (χ4n) is 4.16. The summed E-state index contributed by atoms with van der Waals surface area (Å²) in [5.74, 6) is 1.01. The van der Waals surface area contributed by atoms with E-state index >= 15 is 0 Å². The van der Waals surface area contributed by atoms with E-state index in [1.165, 1.54) is 70.9 Å². The van der Waals surface area contributed by atoms with E-state index in [-0.39, 0.29) is 0 Å². The lowest BCUT2D eigenvalue weighted by Crippen LogP contribution is -2.43. The van der Waals surface area contributed by atoms with E-state index in [0.29, 0.717) is 6.10 Å². The maximum atomic E-state index is 5.93. The summed E-state index contributed by atoms with van der Waals surface area (Å²) in [4.78, 5) is 2.76. The van der Waals surface area contributed by atoms with Crippen molar-refractivity contribution >= 4 is 0 Å². The first kappa shape index (κ1) is 17.2. The van der Waals surface area contributed by atoms with Crippen molar-refractivity contribution in [2.24, 2.45) is 11.7 Å². The Morgan fingerprint density at radius 1 is 1.05 bits per heavy atom. The Kier molecular flexibility index (Phi) is 8.05. The summed E-state index contributed by atoms with van der Waals surface area (Å²) in [5, 5.41) is 0. The third-order valence-electron chi connectivity index (χ3n) is 5.45. The van der Waals surface area contributed by atoms with Crippen molar-refractivity contribution in [1.29, 1.82) is 0 Å². The second kappa shape index (κ2) is 9.81. The Bertz CT molecular complexity index is 264. The zero-order valence-electron chi connectivity index (χ0n) is 14.1. The smallest absolute Gasteiger partial charge is 0.0599 e. The molecule has 0 bridgehead atoms. The molecule has 2 fully saturated rings. The topological polar surface area (TPSA) is 38.5 Å². The van der Waals surface area contributed by atoms with Gasteiger partial charge in [-0.05, 0) is 51.0 Å². The molecule has 2 aliphatic rings. The number of hydrogen-bond donors (Lipinski definition) is 1. The Labute approximate surface area is 131 Å². The van der Waals surface area contributed by atoms with Crippen molar-refractivity contribution in [1.82, 2.24) is 4.90 Å². The summed E-state index contributed by atoms with van der Waals surface area (Å²) in [6.07, 6.45) is 14.0. The van der Waals surface area contributed by atoms with E-state index < -0.39 is 0 Å². The highest BCUT2D eigenvalue weighted by molar-refractivity contribution is 4.82. The quantitative estimate of drug-likeness (QED) is 0.576. The van der Waals surface area contributed by atoms with Crippen molar-refractivity contribution in [2.45, 2.75) is 83.3 Å². The van der Waals surface area contributed by atoms with E-state index in [2.05, 4.69) is 11.8 Å². The molecule has 1 saturated heterocycles. The standard InChI is InChI=1S/C18H36N2O/c1-2-5-16-6-3-7-17(9-8-16)20-13-10-18(11-14-20)21-15-4-12-19/h16-18H,2-15,19H2,1H3. The predicted octanol–water partition coefficient (Wildman–Crippen LogP) is 3.57. The number of hydrogen-bond acceptors (Lipinski definition) is 3. The molecule has 3 heteroatoms. The van der Waals surface area contributed by atoms with Gasteiger partial charge in [-0.2, -0.15) is 0 Å². The highest BCUT2D eigenvalue weighted by Crippen LogP contribution is 2.30. The fraction of sp³-hybridized carbons (Fsp3) is 1.00. The zero-order chi connectivity index (χ0) is 14.9. The van der Waals surface area contributed by atoms with Crippen molar-refractivity contribution in [3.63, 3.8) is 0 Å². The van der Waals surface area contributed by atoms with Crippen LogP contribution < -0.4 is 5.73 Å². The number of likely N-dealkylation sites (tertiary alicyclic amines) is 1. The summed E-state index contributed by atoms with van der Waals surface area (Å²) in [6.45, 7) is 6.42. The monoisotopic (exact) mass is 296 g/mol. The molecule has 21 heavy (non-hydrogen) atoms. The number of piperidine rings is 1. The van der Waals surface area contributed by atoms with E-state index in [0.717, 1.165) is 31.5 Å². The summed E-state index contributed by atoms with van der Waals surface area (Å²) < 4.78 is 5.93. The Hall–Kier alpha value is -0.120. The molecule has 0 amide bonds. The number of rotatable bonds is 7. The molecule has 2 unspecified atom stereocenters. The van der Waals surface area contributed by atoms with Crippen LogP contribution in [0.5, 0.6) is 0 Å². The Morgan fingerprint density at radius 3 is 2.57 bits per heavy atom. The van der Waals surface area contributed by atoms with Crippen LogP contribution in [0.3, 0.4) is 0 Å². The van der Waals surface area contributed by atoms with Gasteiger partial charge in [-0.25, -0.2) is 0 Å². The number of ether oxygens (including phenoxy) is 1. The van der Waals surface area contributed by atoms with Gasteiger partial charge in [-0.3, -0.25) is 0 Å². The largest absolute Gasteiger partial charge is 0.378 e. The molecule has 3 nitrogen and oxygen atoms in total. The number of nitrogens with two attached hydrogens (primary N) is 1. The van der Waals surface area contributed by atoms with Crippen molar-refractivity contribution in [3.8, 4) is 0 Å². The van der Waals surface area contributed by atoms with Crippen LogP contribution in [0.25, 0.3) is 0 Å². The second-order valence-corrected chi connectivity index (χ2v) is 7.07. The van der Waals surface area contributed by atoms with Crippen LogP contribution in [0, 0.1) is 5.92 Å². The van der Waals surface area contributed by atoms with Gasteiger partial charge in [0.15, 0.2) is 0 Å². The minimum Gasteiger partial charge on any atom is -0.378 e. The van der Waals surface area contributed by atoms with Crippen LogP contribution in [0.4, 0.5) is 0 Å². The van der Waals surface area contributed by atoms with Gasteiger partial charge < -0.3 is 15.4 Å². The average molecular weight is 296 g/mol. The summed E-state index contributed by atoms with van der Waals surface area (Å²) >= 11 is 0. The van der Waals surface area contributed by atoms with Gasteiger partial charge in [0.1, 0.15) is 0 Å². The molecular formula is C18H36N2O. The highest BCUT2D eigenvalue weighted by Gasteiger charge is 2.27. The van der Waals surface area contributed by atoms with Crippen LogP contribution in [0.1, 0.15) is 71.1 Å². The molecule has 2 rings (SSSR count). The van der Waals surface area contributed by atoms with Gasteiger partial charge in [-0.15, -0.1) is 0 Å². The van der Waals surface area contributed by atoms with Crippen molar-refractivity contribution in [3.05, 3.63) is 0 Å². The van der Waals surface area contributed by atoms with Crippen LogP contribution in [-0.2, 0) is 4.74 Å². The number of nitrogens with zero attached hydrogens (tertiary/aromatic N) is 1. The fourth-order valence-corrected chi connectivity index (χ4v) is 4.16. The zero-order valence-corrected chi connectivity index (χ0v) is 14.1. The Balaban J connectivity index is 1.67. The maximum absolute atomic E-state index is 5.93. The van der Waals surface area contributed by atoms with Crippen LogP contribution in [0.2, 0.25) is 0 Å². The molecule has 0 radical (unpaired) electrons. The minimum atomic E-state index is 0.492.